The molecule has 0 saturated carbocycles. The van der Waals surface area contributed by atoms with Gasteiger partial charge in [-0.2, -0.15) is 0 Å². The van der Waals surface area contributed by atoms with Crippen LogP contribution in [0.5, 0.6) is 0 Å². The van der Waals surface area contributed by atoms with Crippen LogP contribution in [0.15, 0.2) is 24.3 Å². The summed E-state index contributed by atoms with van der Waals surface area (Å²) in [6.45, 7) is 2.19. The van der Waals surface area contributed by atoms with Crippen LogP contribution in [0.4, 0.5) is 5.69 Å². The molecule has 0 bridgehead atoms. The van der Waals surface area contributed by atoms with Crippen LogP contribution in [-0.4, -0.2) is 11.2 Å². The van der Waals surface area contributed by atoms with Crippen LogP contribution in [0.1, 0.15) is 31.7 Å². The van der Waals surface area contributed by atoms with E-state index in [0.717, 1.165) is 12.1 Å². The summed E-state index contributed by atoms with van der Waals surface area (Å²) >= 11 is 3.24. The van der Waals surface area contributed by atoms with Crippen molar-refractivity contribution in [2.45, 2.75) is 32.6 Å². The van der Waals surface area contributed by atoms with E-state index in [0.29, 0.717) is 11.8 Å². The van der Waals surface area contributed by atoms with E-state index >= 15 is 0 Å². The molecule has 1 aromatic carbocycles. The lowest BCUT2D eigenvalue weighted by molar-refractivity contribution is -0.115. The number of hydrogen-bond acceptors (Lipinski definition) is 1. The summed E-state index contributed by atoms with van der Waals surface area (Å²) in [5.41, 5.74) is 2.21. The molecule has 0 atom stereocenters. The number of carbonyl (C=O) groups excluding carboxylic acids is 1. The van der Waals surface area contributed by atoms with Gasteiger partial charge in [-0.1, -0.05) is 41.4 Å². The second kappa shape index (κ2) is 7.44. The van der Waals surface area contributed by atoms with Crippen molar-refractivity contribution in [2.75, 3.05) is 10.6 Å². The molecule has 3 heteroatoms. The molecule has 0 aromatic heterocycles. The van der Waals surface area contributed by atoms with Gasteiger partial charge in [-0.05, 0) is 30.5 Å². The maximum Gasteiger partial charge on any atom is 0.225 e. The van der Waals surface area contributed by atoms with Crippen molar-refractivity contribution >= 4 is 27.5 Å². The van der Waals surface area contributed by atoms with E-state index in [1.165, 1.54) is 18.4 Å². The number of nitrogens with one attached hydrogen (secondary N) is 1. The number of carbonyl (C=O) groups is 1. The van der Waals surface area contributed by atoms with Crippen molar-refractivity contribution in [3.05, 3.63) is 29.8 Å². The zero-order valence-corrected chi connectivity index (χ0v) is 11.2. The van der Waals surface area contributed by atoms with Crippen molar-refractivity contribution in [1.29, 1.82) is 0 Å². The molecule has 0 saturated heterocycles. The molecular weight excluding hydrogens is 266 g/mol. The summed E-state index contributed by atoms with van der Waals surface area (Å²) in [6.07, 6.45) is 4.06. The first-order valence-corrected chi connectivity index (χ1v) is 6.83. The third-order valence-electron chi connectivity index (χ3n) is 2.38. The number of aryl methyl sites for hydroxylation is 1. The Hall–Kier alpha value is -0.830. The fourth-order valence-corrected chi connectivity index (χ4v) is 1.81. The molecule has 1 amide bonds. The summed E-state index contributed by atoms with van der Waals surface area (Å²) < 4.78 is 0. The van der Waals surface area contributed by atoms with Gasteiger partial charge in [-0.15, -0.1) is 0 Å². The molecule has 1 rings (SSSR count). The quantitative estimate of drug-likeness (QED) is 0.792. The number of hydrogen-bond donors (Lipinski definition) is 1. The first-order chi connectivity index (χ1) is 7.76. The van der Waals surface area contributed by atoms with Crippen LogP contribution in [0, 0.1) is 0 Å². The summed E-state index contributed by atoms with van der Waals surface area (Å²) in [6, 6.07) is 8.10. The van der Waals surface area contributed by atoms with Crippen molar-refractivity contribution in [3.8, 4) is 0 Å². The third kappa shape index (κ3) is 4.79. The van der Waals surface area contributed by atoms with Gasteiger partial charge < -0.3 is 5.32 Å². The zero-order valence-electron chi connectivity index (χ0n) is 9.63. The zero-order chi connectivity index (χ0) is 11.8. The number of unbranched alkanes of at least 4 members (excludes halogenated alkanes) is 1. The Morgan fingerprint density at radius 3 is 2.56 bits per heavy atom. The molecule has 1 aromatic rings. The number of halogens is 1. The molecule has 1 N–H and O–H groups in total. The number of benzene rings is 1. The van der Waals surface area contributed by atoms with Crippen molar-refractivity contribution in [2.24, 2.45) is 0 Å². The van der Waals surface area contributed by atoms with Gasteiger partial charge in [0, 0.05) is 17.4 Å². The molecule has 0 fully saturated rings. The van der Waals surface area contributed by atoms with Gasteiger partial charge >= 0.3 is 0 Å². The second-order valence-corrected chi connectivity index (χ2v) is 4.58. The Morgan fingerprint density at radius 1 is 1.31 bits per heavy atom. The molecule has 0 heterocycles. The van der Waals surface area contributed by atoms with Crippen LogP contribution in [0.3, 0.4) is 0 Å². The lowest BCUT2D eigenvalue weighted by atomic mass is 10.1. The van der Waals surface area contributed by atoms with Gasteiger partial charge in [0.1, 0.15) is 0 Å². The van der Waals surface area contributed by atoms with E-state index in [4.69, 9.17) is 0 Å². The molecule has 0 aliphatic rings. The maximum absolute atomic E-state index is 11.3. The van der Waals surface area contributed by atoms with Crippen LogP contribution in [0.25, 0.3) is 0 Å². The number of rotatable bonds is 6. The summed E-state index contributed by atoms with van der Waals surface area (Å²) in [7, 11) is 0. The van der Waals surface area contributed by atoms with E-state index in [1.54, 1.807) is 0 Å². The predicted octanol–water partition coefficient (Wildman–Crippen LogP) is 3.75. The number of alkyl halides is 1. The molecule has 2 nitrogen and oxygen atoms in total. The molecule has 0 unspecified atom stereocenters. The average Bonchev–Trinajstić information content (AvgIpc) is 2.28. The van der Waals surface area contributed by atoms with Crippen LogP contribution < -0.4 is 5.32 Å². The second-order valence-electron chi connectivity index (χ2n) is 3.79. The molecule has 0 spiro atoms. The van der Waals surface area contributed by atoms with Crippen molar-refractivity contribution in [1.82, 2.24) is 0 Å². The van der Waals surface area contributed by atoms with Gasteiger partial charge in [-0.3, -0.25) is 4.79 Å². The summed E-state index contributed by atoms with van der Waals surface area (Å²) in [4.78, 5) is 11.3. The van der Waals surface area contributed by atoms with Gasteiger partial charge in [0.2, 0.25) is 5.91 Å². The lowest BCUT2D eigenvalue weighted by Gasteiger charge is -2.05. The number of anilines is 1. The Morgan fingerprint density at radius 2 is 2.00 bits per heavy atom. The Kier molecular flexibility index (Phi) is 6.16. The minimum absolute atomic E-state index is 0.0539. The molecule has 88 valence electrons. The average molecular weight is 284 g/mol. The third-order valence-corrected chi connectivity index (χ3v) is 2.77. The van der Waals surface area contributed by atoms with Gasteiger partial charge in [0.15, 0.2) is 0 Å². The van der Waals surface area contributed by atoms with E-state index in [-0.39, 0.29) is 5.91 Å². The molecule has 0 aliphatic carbocycles. The SMILES string of the molecule is CCCCc1ccc(NC(=O)CCBr)cc1. The first-order valence-electron chi connectivity index (χ1n) is 5.71. The monoisotopic (exact) mass is 283 g/mol. The molecule has 0 aliphatic heterocycles. The Balaban J connectivity index is 2.47. The van der Waals surface area contributed by atoms with Crippen LogP contribution in [-0.2, 0) is 11.2 Å². The fraction of sp³-hybridized carbons (Fsp3) is 0.462. The highest BCUT2D eigenvalue weighted by Crippen LogP contribution is 2.12. The van der Waals surface area contributed by atoms with Gasteiger partial charge in [-0.25, -0.2) is 0 Å². The molecular formula is C13H18BrNO. The first kappa shape index (κ1) is 13.2. The van der Waals surface area contributed by atoms with E-state index in [1.807, 2.05) is 12.1 Å². The van der Waals surface area contributed by atoms with E-state index in [9.17, 15) is 4.79 Å². The van der Waals surface area contributed by atoms with Crippen molar-refractivity contribution in [3.63, 3.8) is 0 Å². The lowest BCUT2D eigenvalue weighted by Crippen LogP contribution is -2.11. The molecule has 0 radical (unpaired) electrons. The Bertz CT molecular complexity index is 321. The normalized spacial score (nSPS) is 10.1. The van der Waals surface area contributed by atoms with Gasteiger partial charge in [0.05, 0.1) is 0 Å². The molecule has 16 heavy (non-hydrogen) atoms. The minimum Gasteiger partial charge on any atom is -0.326 e. The standard InChI is InChI=1S/C13H18BrNO/c1-2-3-4-11-5-7-12(8-6-11)15-13(16)9-10-14/h5-8H,2-4,9-10H2,1H3,(H,15,16). The summed E-state index contributed by atoms with van der Waals surface area (Å²) in [5.74, 6) is 0.0539. The van der Waals surface area contributed by atoms with Crippen molar-refractivity contribution < 1.29 is 4.79 Å². The predicted molar refractivity (Wildman–Crippen MR) is 72.1 cm³/mol. The highest BCUT2D eigenvalue weighted by Gasteiger charge is 2.00. The maximum atomic E-state index is 11.3. The van der Waals surface area contributed by atoms with E-state index in [2.05, 4.69) is 40.3 Å². The highest BCUT2D eigenvalue weighted by molar-refractivity contribution is 9.09. The van der Waals surface area contributed by atoms with E-state index < -0.39 is 0 Å². The largest absolute Gasteiger partial charge is 0.326 e. The summed E-state index contributed by atoms with van der Waals surface area (Å²) in [5, 5.41) is 3.56. The van der Waals surface area contributed by atoms with Crippen LogP contribution >= 0.6 is 15.9 Å². The topological polar surface area (TPSA) is 29.1 Å². The van der Waals surface area contributed by atoms with Gasteiger partial charge in [0.25, 0.3) is 0 Å². The highest BCUT2D eigenvalue weighted by atomic mass is 79.9. The smallest absolute Gasteiger partial charge is 0.225 e. The minimum atomic E-state index is 0.0539. The number of amides is 1. The van der Waals surface area contributed by atoms with Crippen LogP contribution in [0.2, 0.25) is 0 Å². The fourth-order valence-electron chi connectivity index (χ4n) is 1.44. The Labute approximate surface area is 106 Å².